The van der Waals surface area contributed by atoms with E-state index in [1.54, 1.807) is 0 Å². The monoisotopic (exact) mass is 248 g/mol. The molecule has 0 saturated carbocycles. The first-order chi connectivity index (χ1) is 8.58. The summed E-state index contributed by atoms with van der Waals surface area (Å²) in [5.74, 6) is 0.953. The van der Waals surface area contributed by atoms with Gasteiger partial charge in [0.05, 0.1) is 0 Å². The van der Waals surface area contributed by atoms with Crippen LogP contribution in [-0.2, 0) is 11.8 Å². The van der Waals surface area contributed by atoms with Crippen molar-refractivity contribution in [3.8, 4) is 0 Å². The topological polar surface area (TPSA) is 61.0 Å². The fraction of sp³-hybridized carbons (Fsp3) is 0.692. The number of rotatable bonds is 1. The fourth-order valence-corrected chi connectivity index (χ4v) is 3.00. The Labute approximate surface area is 107 Å². The van der Waals surface area contributed by atoms with E-state index in [9.17, 15) is 4.79 Å². The summed E-state index contributed by atoms with van der Waals surface area (Å²) in [5.41, 5.74) is 1.68. The molecule has 2 aliphatic heterocycles. The van der Waals surface area contributed by atoms with Crippen molar-refractivity contribution < 1.29 is 4.79 Å². The maximum absolute atomic E-state index is 11.9. The number of likely N-dealkylation sites (N-methyl/N-ethyl adjacent to an activating group) is 1. The molecule has 1 aromatic heterocycles. The van der Waals surface area contributed by atoms with Crippen LogP contribution in [-0.4, -0.2) is 47.5 Å². The van der Waals surface area contributed by atoms with E-state index in [0.717, 1.165) is 50.4 Å². The standard InChI is InChI=1S/C13H20N4O/c1-13(5-7-17(2)8-13)12-15-9-4-3-6-14-11(18)10(9)16-12/h3-8H2,1-2H3,(H,14,18)(H,15,16). The molecule has 1 fully saturated rings. The Morgan fingerprint density at radius 1 is 1.44 bits per heavy atom. The van der Waals surface area contributed by atoms with Crippen molar-refractivity contribution in [3.05, 3.63) is 17.2 Å². The number of fused-ring (bicyclic) bond motifs is 1. The van der Waals surface area contributed by atoms with Crippen molar-refractivity contribution in [2.75, 3.05) is 26.7 Å². The van der Waals surface area contributed by atoms with Crippen LogP contribution in [0.5, 0.6) is 0 Å². The molecule has 1 unspecified atom stereocenters. The summed E-state index contributed by atoms with van der Waals surface area (Å²) in [6.45, 7) is 5.07. The molecule has 5 nitrogen and oxygen atoms in total. The molecule has 3 heterocycles. The number of carbonyl (C=O) groups excluding carboxylic acids is 1. The number of aryl methyl sites for hydroxylation is 1. The number of aromatic nitrogens is 2. The number of aromatic amines is 1. The van der Waals surface area contributed by atoms with Crippen molar-refractivity contribution in [1.82, 2.24) is 20.2 Å². The molecule has 1 aromatic rings. The minimum atomic E-state index is -0.0278. The number of hydrogen-bond acceptors (Lipinski definition) is 3. The van der Waals surface area contributed by atoms with Crippen molar-refractivity contribution in [2.45, 2.75) is 31.6 Å². The van der Waals surface area contributed by atoms with Crippen LogP contribution in [0.3, 0.4) is 0 Å². The number of hydrogen-bond donors (Lipinski definition) is 2. The number of H-pyrrole nitrogens is 1. The van der Waals surface area contributed by atoms with Gasteiger partial charge in [0.25, 0.3) is 5.91 Å². The van der Waals surface area contributed by atoms with Gasteiger partial charge in [0.15, 0.2) is 0 Å². The van der Waals surface area contributed by atoms with Gasteiger partial charge in [-0.25, -0.2) is 4.98 Å². The molecule has 0 bridgehead atoms. The summed E-state index contributed by atoms with van der Waals surface area (Å²) in [5, 5.41) is 2.89. The zero-order valence-electron chi connectivity index (χ0n) is 11.0. The van der Waals surface area contributed by atoms with Crippen molar-refractivity contribution in [3.63, 3.8) is 0 Å². The summed E-state index contributed by atoms with van der Waals surface area (Å²) in [6.07, 6.45) is 2.99. The average Bonchev–Trinajstić information content (AvgIpc) is 2.86. The average molecular weight is 248 g/mol. The second-order valence-corrected chi connectivity index (χ2v) is 5.82. The van der Waals surface area contributed by atoms with Crippen LogP contribution in [0.1, 0.15) is 41.8 Å². The van der Waals surface area contributed by atoms with Gasteiger partial charge < -0.3 is 15.2 Å². The van der Waals surface area contributed by atoms with Crippen LogP contribution in [0.4, 0.5) is 0 Å². The zero-order valence-corrected chi connectivity index (χ0v) is 11.0. The van der Waals surface area contributed by atoms with Crippen LogP contribution in [0.15, 0.2) is 0 Å². The number of amides is 1. The molecule has 3 rings (SSSR count). The van der Waals surface area contributed by atoms with E-state index in [4.69, 9.17) is 0 Å². The third-order valence-electron chi connectivity index (χ3n) is 4.12. The van der Waals surface area contributed by atoms with Gasteiger partial charge in [-0.3, -0.25) is 4.79 Å². The van der Waals surface area contributed by atoms with Crippen LogP contribution >= 0.6 is 0 Å². The van der Waals surface area contributed by atoms with E-state index in [1.165, 1.54) is 0 Å². The Morgan fingerprint density at radius 3 is 3.00 bits per heavy atom. The molecule has 0 aliphatic carbocycles. The maximum Gasteiger partial charge on any atom is 0.271 e. The van der Waals surface area contributed by atoms with Crippen molar-refractivity contribution >= 4 is 5.91 Å². The van der Waals surface area contributed by atoms with E-state index < -0.39 is 0 Å². The number of nitrogens with zero attached hydrogens (tertiary/aromatic N) is 2. The predicted molar refractivity (Wildman–Crippen MR) is 68.7 cm³/mol. The highest BCUT2D eigenvalue weighted by atomic mass is 16.1. The minimum absolute atomic E-state index is 0.0278. The van der Waals surface area contributed by atoms with Crippen molar-refractivity contribution in [2.24, 2.45) is 0 Å². The first-order valence-corrected chi connectivity index (χ1v) is 6.65. The number of carbonyl (C=O) groups is 1. The summed E-state index contributed by atoms with van der Waals surface area (Å²) >= 11 is 0. The molecular formula is C13H20N4O. The Bertz CT molecular complexity index is 481. The molecule has 1 atom stereocenters. The number of likely N-dealkylation sites (tertiary alicyclic amines) is 1. The predicted octanol–water partition coefficient (Wildman–Crippen LogP) is 0.679. The quantitative estimate of drug-likeness (QED) is 0.768. The normalized spacial score (nSPS) is 28.9. The number of nitrogens with one attached hydrogen (secondary N) is 2. The lowest BCUT2D eigenvalue weighted by Crippen LogP contribution is -2.28. The highest BCUT2D eigenvalue weighted by Gasteiger charge is 2.37. The van der Waals surface area contributed by atoms with Gasteiger partial charge in [-0.1, -0.05) is 6.92 Å². The molecule has 1 amide bonds. The van der Waals surface area contributed by atoms with Gasteiger partial charge in [-0.05, 0) is 32.9 Å². The Balaban J connectivity index is 1.95. The summed E-state index contributed by atoms with van der Waals surface area (Å²) in [7, 11) is 2.13. The van der Waals surface area contributed by atoms with Crippen LogP contribution in [0, 0.1) is 0 Å². The maximum atomic E-state index is 11.9. The van der Waals surface area contributed by atoms with Crippen LogP contribution in [0.25, 0.3) is 0 Å². The SMILES string of the molecule is CN1CCC(C)(c2nc3c([nH]2)CCCNC3=O)C1. The van der Waals surface area contributed by atoms with Crippen LogP contribution < -0.4 is 5.32 Å². The van der Waals surface area contributed by atoms with Gasteiger partial charge >= 0.3 is 0 Å². The van der Waals surface area contributed by atoms with E-state index in [-0.39, 0.29) is 11.3 Å². The smallest absolute Gasteiger partial charge is 0.271 e. The molecule has 5 heteroatoms. The lowest BCUT2D eigenvalue weighted by atomic mass is 9.89. The van der Waals surface area contributed by atoms with Crippen molar-refractivity contribution in [1.29, 1.82) is 0 Å². The first kappa shape index (κ1) is 11.7. The molecule has 18 heavy (non-hydrogen) atoms. The Hall–Kier alpha value is -1.36. The zero-order chi connectivity index (χ0) is 12.8. The molecule has 0 radical (unpaired) electrons. The van der Waals surface area contributed by atoms with Gasteiger partial charge in [-0.15, -0.1) is 0 Å². The molecule has 0 spiro atoms. The van der Waals surface area contributed by atoms with Gasteiger partial charge in [-0.2, -0.15) is 0 Å². The molecule has 2 aliphatic rings. The van der Waals surface area contributed by atoms with Gasteiger partial charge in [0, 0.05) is 24.2 Å². The number of imidazole rings is 1. The molecule has 2 N–H and O–H groups in total. The lowest BCUT2D eigenvalue weighted by Gasteiger charge is -2.20. The second-order valence-electron chi connectivity index (χ2n) is 5.82. The minimum Gasteiger partial charge on any atom is -0.351 e. The van der Waals surface area contributed by atoms with E-state index >= 15 is 0 Å². The van der Waals surface area contributed by atoms with Crippen LogP contribution in [0.2, 0.25) is 0 Å². The summed E-state index contributed by atoms with van der Waals surface area (Å²) in [4.78, 5) is 22.2. The lowest BCUT2D eigenvalue weighted by molar-refractivity contribution is 0.0951. The fourth-order valence-electron chi connectivity index (χ4n) is 3.00. The van der Waals surface area contributed by atoms with E-state index in [1.807, 2.05) is 0 Å². The molecule has 1 saturated heterocycles. The Kier molecular flexibility index (Phi) is 2.66. The third-order valence-corrected chi connectivity index (χ3v) is 4.12. The van der Waals surface area contributed by atoms with Gasteiger partial charge in [0.1, 0.15) is 11.5 Å². The molecule has 0 aromatic carbocycles. The largest absolute Gasteiger partial charge is 0.351 e. The third kappa shape index (κ3) is 1.82. The second kappa shape index (κ2) is 4.09. The first-order valence-electron chi connectivity index (χ1n) is 6.65. The molecule has 98 valence electrons. The van der Waals surface area contributed by atoms with Gasteiger partial charge in [0.2, 0.25) is 0 Å². The van der Waals surface area contributed by atoms with E-state index in [2.05, 4.69) is 34.2 Å². The summed E-state index contributed by atoms with van der Waals surface area (Å²) < 4.78 is 0. The Morgan fingerprint density at radius 2 is 2.28 bits per heavy atom. The van der Waals surface area contributed by atoms with E-state index in [0.29, 0.717) is 5.69 Å². The summed E-state index contributed by atoms with van der Waals surface area (Å²) in [6, 6.07) is 0. The highest BCUT2D eigenvalue weighted by Crippen LogP contribution is 2.32. The molecular weight excluding hydrogens is 228 g/mol. The highest BCUT2D eigenvalue weighted by molar-refractivity contribution is 5.93.